The Morgan fingerprint density at radius 1 is 0.355 bits per heavy atom. The van der Waals surface area contributed by atoms with Crippen molar-refractivity contribution in [3.05, 3.63) is 260 Å². The van der Waals surface area contributed by atoms with Crippen molar-refractivity contribution < 1.29 is 29.3 Å². The lowest BCUT2D eigenvalue weighted by Crippen LogP contribution is -2.42. The summed E-state index contributed by atoms with van der Waals surface area (Å²) in [4.78, 5) is 17.0. The molecule has 76 heavy (non-hydrogen) atoms. The number of rotatable bonds is 12. The van der Waals surface area contributed by atoms with Crippen LogP contribution in [0.25, 0.3) is 0 Å². The molecule has 1 aliphatic carbocycles. The lowest BCUT2D eigenvalue weighted by atomic mass is 9.86. The Morgan fingerprint density at radius 2 is 0.566 bits per heavy atom. The molecule has 0 aliphatic heterocycles. The number of benzene rings is 4. The topological polar surface area (TPSA) is 151 Å². The standard InChI is InChI=1S/C64H72N4O6Si2/c1-63(2,3)75(7,8)73-61-53-33-41(29-49(37-53)57(69)45-11-19-65-20-12-45)27-43-31-51(59(71)47-15-23-67-24-16-47)39-55(35-43)62(74-76(9,10)64(4,5)6)56-36-44(32-52(40-56)60(72)48-17-25-68-26-18-48)28-42-30-50(38-54(61)34-42)58(70)46-13-21-66-22-14-46/h11-26,29-40,57-62,69-72H,27-28H2,1-10H3. The second kappa shape index (κ2) is 22.0. The van der Waals surface area contributed by atoms with Gasteiger partial charge in [0.25, 0.3) is 0 Å². The summed E-state index contributed by atoms with van der Waals surface area (Å²) in [6.07, 6.45) is 9.17. The van der Waals surface area contributed by atoms with Gasteiger partial charge < -0.3 is 29.3 Å². The SMILES string of the molecule is CC(C)(C)[Si](C)(C)OC1c2cc(cc(C(O)c3ccncc3)c2)Cc2cc(C(O)c3ccncc3)cc(c2)C(O[Si](C)(C)C(C)(C)C)c2cc(cc(C(O)c3ccncc3)c2)Cc2cc(C(O)c3ccncc3)cc1c2. The average Bonchev–Trinajstić information content (AvgIpc) is 3.40. The van der Waals surface area contributed by atoms with Gasteiger partial charge in [-0.05, 0) is 211 Å². The second-order valence-electron chi connectivity index (χ2n) is 23.6. The third-order valence-electron chi connectivity index (χ3n) is 16.0. The molecule has 4 heterocycles. The van der Waals surface area contributed by atoms with E-state index in [1.807, 2.05) is 48.5 Å². The van der Waals surface area contributed by atoms with Gasteiger partial charge in [0, 0.05) is 49.6 Å². The Balaban J connectivity index is 1.37. The van der Waals surface area contributed by atoms with Crippen molar-refractivity contribution in [2.75, 3.05) is 0 Å². The number of hydrogen-bond donors (Lipinski definition) is 4. The first-order valence-electron chi connectivity index (χ1n) is 26.3. The summed E-state index contributed by atoms with van der Waals surface area (Å²) in [5.74, 6) is 0. The van der Waals surface area contributed by atoms with Crippen LogP contribution in [-0.2, 0) is 21.7 Å². The zero-order valence-corrected chi connectivity index (χ0v) is 47.4. The van der Waals surface area contributed by atoms with Crippen LogP contribution in [0.4, 0.5) is 0 Å². The molecule has 0 saturated heterocycles. The molecule has 4 unspecified atom stereocenters. The van der Waals surface area contributed by atoms with Gasteiger partial charge in [-0.2, -0.15) is 0 Å². The van der Waals surface area contributed by atoms with Crippen molar-refractivity contribution in [1.82, 2.24) is 19.9 Å². The molecule has 0 amide bonds. The van der Waals surface area contributed by atoms with E-state index < -0.39 is 53.3 Å². The zero-order chi connectivity index (χ0) is 54.2. The van der Waals surface area contributed by atoms with Crippen LogP contribution in [0.5, 0.6) is 0 Å². The summed E-state index contributed by atoms with van der Waals surface area (Å²) in [5, 5.41) is 49.1. The summed E-state index contributed by atoms with van der Waals surface area (Å²) in [5.41, 5.74) is 12.7. The molecule has 0 saturated carbocycles. The van der Waals surface area contributed by atoms with Gasteiger partial charge in [-0.3, -0.25) is 19.9 Å². The molecule has 12 heteroatoms. The van der Waals surface area contributed by atoms with Crippen LogP contribution >= 0.6 is 0 Å². The third kappa shape index (κ3) is 12.1. The highest BCUT2D eigenvalue weighted by Gasteiger charge is 2.42. The minimum absolute atomic E-state index is 0.182. The van der Waals surface area contributed by atoms with Crippen LogP contribution in [0.3, 0.4) is 0 Å². The first-order chi connectivity index (χ1) is 36.0. The van der Waals surface area contributed by atoms with Gasteiger partial charge in [0.2, 0.25) is 0 Å². The normalized spacial score (nSPS) is 16.9. The number of aliphatic hydroxyl groups excluding tert-OH is 4. The van der Waals surface area contributed by atoms with E-state index in [1.165, 1.54) is 0 Å². The van der Waals surface area contributed by atoms with E-state index in [0.29, 0.717) is 57.3 Å². The van der Waals surface area contributed by atoms with E-state index in [2.05, 4.69) is 160 Å². The highest BCUT2D eigenvalue weighted by atomic mass is 28.4. The minimum Gasteiger partial charge on any atom is -0.406 e. The maximum Gasteiger partial charge on any atom is 0.193 e. The molecule has 1 aliphatic rings. The zero-order valence-electron chi connectivity index (χ0n) is 45.4. The molecule has 0 fully saturated rings. The lowest BCUT2D eigenvalue weighted by Gasteiger charge is -2.40. The van der Waals surface area contributed by atoms with Crippen LogP contribution in [0.15, 0.2) is 171 Å². The average molecular weight is 1050 g/mol. The molecular weight excluding hydrogens is 977 g/mol. The fourth-order valence-electron chi connectivity index (χ4n) is 9.65. The van der Waals surface area contributed by atoms with Crippen molar-refractivity contribution in [3.63, 3.8) is 0 Å². The summed E-state index contributed by atoms with van der Waals surface area (Å²) >= 11 is 0. The fourth-order valence-corrected chi connectivity index (χ4v) is 12.1. The summed E-state index contributed by atoms with van der Waals surface area (Å²) in [7, 11) is -5.19. The Bertz CT molecular complexity index is 2870. The molecular formula is C64H72N4O6Si2. The molecule has 9 rings (SSSR count). The van der Waals surface area contributed by atoms with Gasteiger partial charge >= 0.3 is 0 Å². The van der Waals surface area contributed by atoms with Crippen molar-refractivity contribution >= 4 is 16.6 Å². The van der Waals surface area contributed by atoms with Crippen LogP contribution in [-0.4, -0.2) is 57.0 Å². The van der Waals surface area contributed by atoms with E-state index in [4.69, 9.17) is 8.85 Å². The third-order valence-corrected chi connectivity index (χ3v) is 24.8. The van der Waals surface area contributed by atoms with Crippen molar-refractivity contribution in [3.8, 4) is 0 Å². The summed E-state index contributed by atoms with van der Waals surface area (Å²) < 4.78 is 15.3. The molecule has 0 radical (unpaired) electrons. The number of pyridine rings is 4. The first-order valence-corrected chi connectivity index (χ1v) is 32.1. The Hall–Kier alpha value is -6.33. The number of aromatic nitrogens is 4. The molecule has 8 bridgehead atoms. The number of aliphatic hydroxyl groups is 4. The molecule has 4 N–H and O–H groups in total. The van der Waals surface area contributed by atoms with E-state index in [9.17, 15) is 20.4 Å². The number of hydrogen-bond acceptors (Lipinski definition) is 10. The maximum atomic E-state index is 12.4. The lowest BCUT2D eigenvalue weighted by molar-refractivity contribution is 0.211. The fraction of sp³-hybridized carbons (Fsp3) is 0.312. The molecule has 4 atom stereocenters. The molecule has 0 spiro atoms. The molecule has 8 aromatic rings. The molecule has 4 aromatic heterocycles. The molecule has 392 valence electrons. The van der Waals surface area contributed by atoms with Gasteiger partial charge in [0.1, 0.15) is 24.4 Å². The van der Waals surface area contributed by atoms with Crippen molar-refractivity contribution in [2.45, 2.75) is 127 Å². The van der Waals surface area contributed by atoms with Gasteiger partial charge in [-0.15, -0.1) is 0 Å². The first kappa shape index (κ1) is 54.5. The highest BCUT2D eigenvalue weighted by molar-refractivity contribution is 6.74. The van der Waals surface area contributed by atoms with Gasteiger partial charge in [0.15, 0.2) is 16.6 Å². The van der Waals surface area contributed by atoms with Crippen LogP contribution in [0, 0.1) is 0 Å². The monoisotopic (exact) mass is 1050 g/mol. The van der Waals surface area contributed by atoms with Gasteiger partial charge in [0.05, 0.1) is 12.2 Å². The minimum atomic E-state index is -2.60. The van der Waals surface area contributed by atoms with Gasteiger partial charge in [-0.1, -0.05) is 90.1 Å². The quantitative estimate of drug-likeness (QED) is 0.0871. The number of fused-ring (bicyclic) bond motifs is 8. The van der Waals surface area contributed by atoms with Crippen LogP contribution in [0.2, 0.25) is 36.3 Å². The van der Waals surface area contributed by atoms with Gasteiger partial charge in [-0.25, -0.2) is 0 Å². The van der Waals surface area contributed by atoms with Crippen molar-refractivity contribution in [2.24, 2.45) is 0 Å². The van der Waals surface area contributed by atoms with Crippen molar-refractivity contribution in [1.29, 1.82) is 0 Å². The summed E-state index contributed by atoms with van der Waals surface area (Å²) in [6.45, 7) is 22.4. The van der Waals surface area contributed by atoms with Crippen LogP contribution in [0.1, 0.15) is 167 Å². The Kier molecular flexibility index (Phi) is 15.7. The Morgan fingerprint density at radius 3 is 0.763 bits per heavy atom. The predicted molar refractivity (Wildman–Crippen MR) is 305 cm³/mol. The second-order valence-corrected chi connectivity index (χ2v) is 33.1. The highest BCUT2D eigenvalue weighted by Crippen LogP contribution is 2.46. The maximum absolute atomic E-state index is 12.4. The van der Waals surface area contributed by atoms with Crippen LogP contribution < -0.4 is 0 Å². The predicted octanol–water partition coefficient (Wildman–Crippen LogP) is 13.3. The van der Waals surface area contributed by atoms with E-state index in [1.54, 1.807) is 49.6 Å². The smallest absolute Gasteiger partial charge is 0.193 e. The molecule has 10 nitrogen and oxygen atoms in total. The van der Waals surface area contributed by atoms with E-state index in [-0.39, 0.29) is 10.1 Å². The largest absolute Gasteiger partial charge is 0.406 e. The van der Waals surface area contributed by atoms with E-state index in [0.717, 1.165) is 44.5 Å². The number of nitrogens with zero attached hydrogens (tertiary/aromatic N) is 4. The Labute approximate surface area is 450 Å². The van der Waals surface area contributed by atoms with E-state index >= 15 is 0 Å². The summed E-state index contributed by atoms with van der Waals surface area (Å²) in [6, 6.07) is 40.0. The molecule has 4 aromatic carbocycles.